The van der Waals surface area contributed by atoms with Gasteiger partial charge in [-0.3, -0.25) is 9.20 Å². The zero-order chi connectivity index (χ0) is 18.7. The summed E-state index contributed by atoms with van der Waals surface area (Å²) in [6.07, 6.45) is 5.56. The summed E-state index contributed by atoms with van der Waals surface area (Å²) in [5.41, 5.74) is 0. The van der Waals surface area contributed by atoms with Crippen molar-refractivity contribution in [1.82, 2.24) is 10.6 Å². The summed E-state index contributed by atoms with van der Waals surface area (Å²) in [6, 6.07) is 0.375. The molecule has 0 aromatic rings. The maximum Gasteiger partial charge on any atom is 0.191 e. The summed E-state index contributed by atoms with van der Waals surface area (Å²) in [4.78, 5) is 4.74. The molecule has 0 spiro atoms. The molecule has 0 heterocycles. The third kappa shape index (κ3) is 9.88. The Morgan fingerprint density at radius 3 is 2.58 bits per heavy atom. The summed E-state index contributed by atoms with van der Waals surface area (Å²) in [5.74, 6) is 2.16. The standard InChI is InChI=1S/C19H39N3O2S.HI/c1-6-20-19(21-13-12-18(15(4)5)24-7-2)22-16-10-9-11-17(14-16)25(23)8-3;/h15-18H,6-14H2,1-5H3,(H2,20,21,22);1H. The van der Waals surface area contributed by atoms with E-state index < -0.39 is 10.8 Å². The fraction of sp³-hybridized carbons (Fsp3) is 0.947. The Morgan fingerprint density at radius 2 is 2.00 bits per heavy atom. The van der Waals surface area contributed by atoms with Gasteiger partial charge in [0, 0.05) is 47.5 Å². The van der Waals surface area contributed by atoms with Crippen molar-refractivity contribution in [2.24, 2.45) is 10.9 Å². The second-order valence-corrected chi connectivity index (χ2v) is 9.09. The van der Waals surface area contributed by atoms with Crippen molar-refractivity contribution in [1.29, 1.82) is 0 Å². The molecule has 0 aromatic carbocycles. The number of nitrogens with one attached hydrogen (secondary N) is 2. The molecule has 0 aliphatic heterocycles. The van der Waals surface area contributed by atoms with E-state index in [-0.39, 0.29) is 30.1 Å². The highest BCUT2D eigenvalue weighted by Gasteiger charge is 2.26. The molecule has 1 fully saturated rings. The van der Waals surface area contributed by atoms with Gasteiger partial charge in [0.1, 0.15) is 0 Å². The second-order valence-electron chi connectivity index (χ2n) is 7.09. The monoisotopic (exact) mass is 501 g/mol. The SMILES string of the molecule is CCNC(=NCCC(OCC)C(C)C)NC1CCCC(S(=O)CC)C1.I. The van der Waals surface area contributed by atoms with Crippen molar-refractivity contribution in [3.63, 3.8) is 0 Å². The van der Waals surface area contributed by atoms with Gasteiger partial charge in [-0.15, -0.1) is 24.0 Å². The second kappa shape index (κ2) is 15.1. The first-order valence-corrected chi connectivity index (χ1v) is 11.4. The molecule has 4 unspecified atom stereocenters. The molecular formula is C19H40IN3O2S. The van der Waals surface area contributed by atoms with E-state index in [0.717, 1.165) is 63.5 Å². The lowest BCUT2D eigenvalue weighted by Gasteiger charge is -2.30. The summed E-state index contributed by atoms with van der Waals surface area (Å²) in [6.45, 7) is 12.9. The lowest BCUT2D eigenvalue weighted by atomic mass is 9.95. The van der Waals surface area contributed by atoms with E-state index in [1.54, 1.807) is 0 Å². The van der Waals surface area contributed by atoms with Crippen LogP contribution < -0.4 is 10.6 Å². The number of guanidine groups is 1. The van der Waals surface area contributed by atoms with Gasteiger partial charge in [0.25, 0.3) is 0 Å². The molecule has 0 amide bonds. The fourth-order valence-corrected chi connectivity index (χ4v) is 4.74. The molecule has 1 aliphatic carbocycles. The van der Waals surface area contributed by atoms with Gasteiger partial charge >= 0.3 is 0 Å². The summed E-state index contributed by atoms with van der Waals surface area (Å²) in [5, 5.41) is 7.25. The van der Waals surface area contributed by atoms with Crippen molar-refractivity contribution in [3.05, 3.63) is 0 Å². The van der Waals surface area contributed by atoms with Gasteiger partial charge in [-0.1, -0.05) is 27.2 Å². The molecule has 5 nitrogen and oxygen atoms in total. The molecule has 1 aliphatic rings. The summed E-state index contributed by atoms with van der Waals surface area (Å²) < 4.78 is 17.9. The molecule has 2 N–H and O–H groups in total. The molecule has 156 valence electrons. The van der Waals surface area contributed by atoms with Crippen LogP contribution in [0.4, 0.5) is 0 Å². The third-order valence-corrected chi connectivity index (χ3v) is 6.52. The van der Waals surface area contributed by atoms with E-state index in [9.17, 15) is 4.21 Å². The van der Waals surface area contributed by atoms with Crippen LogP contribution >= 0.6 is 24.0 Å². The Hall–Kier alpha value is 0.110. The normalized spacial score (nSPS) is 23.2. The first-order valence-electron chi connectivity index (χ1n) is 10.0. The van der Waals surface area contributed by atoms with E-state index in [2.05, 4.69) is 31.4 Å². The maximum atomic E-state index is 12.1. The molecule has 0 saturated heterocycles. The van der Waals surface area contributed by atoms with Crippen LogP contribution in [0.1, 0.15) is 66.7 Å². The van der Waals surface area contributed by atoms with Gasteiger partial charge < -0.3 is 15.4 Å². The van der Waals surface area contributed by atoms with Gasteiger partial charge in [-0.25, -0.2) is 0 Å². The van der Waals surface area contributed by atoms with Gasteiger partial charge in [0.2, 0.25) is 0 Å². The van der Waals surface area contributed by atoms with Crippen molar-refractivity contribution >= 4 is 40.7 Å². The highest BCUT2D eigenvalue weighted by Crippen LogP contribution is 2.23. The Balaban J connectivity index is 0.00000625. The molecular weight excluding hydrogens is 461 g/mol. The number of hydrogen-bond acceptors (Lipinski definition) is 3. The highest BCUT2D eigenvalue weighted by atomic mass is 127. The largest absolute Gasteiger partial charge is 0.378 e. The highest BCUT2D eigenvalue weighted by molar-refractivity contribution is 14.0. The number of hydrogen-bond donors (Lipinski definition) is 2. The Morgan fingerprint density at radius 1 is 1.27 bits per heavy atom. The Labute approximate surface area is 180 Å². The van der Waals surface area contributed by atoms with Crippen LogP contribution in [-0.4, -0.2) is 53.0 Å². The van der Waals surface area contributed by atoms with Crippen molar-refractivity contribution in [2.45, 2.75) is 84.1 Å². The third-order valence-electron chi connectivity index (χ3n) is 4.78. The average Bonchev–Trinajstić information content (AvgIpc) is 2.60. The summed E-state index contributed by atoms with van der Waals surface area (Å²) >= 11 is 0. The van der Waals surface area contributed by atoms with E-state index >= 15 is 0 Å². The fourth-order valence-electron chi connectivity index (χ4n) is 3.39. The first-order chi connectivity index (χ1) is 12.0. The molecule has 4 atom stereocenters. The van der Waals surface area contributed by atoms with Crippen LogP contribution in [0.2, 0.25) is 0 Å². The summed E-state index contributed by atoms with van der Waals surface area (Å²) in [7, 11) is -0.689. The average molecular weight is 502 g/mol. The van der Waals surface area contributed by atoms with Crippen molar-refractivity contribution < 1.29 is 8.95 Å². The van der Waals surface area contributed by atoms with Crippen LogP contribution in [0.15, 0.2) is 4.99 Å². The molecule has 7 heteroatoms. The number of halogens is 1. The van der Waals surface area contributed by atoms with Gasteiger partial charge in [-0.05, 0) is 45.4 Å². The molecule has 26 heavy (non-hydrogen) atoms. The van der Waals surface area contributed by atoms with Crippen LogP contribution in [0.3, 0.4) is 0 Å². The number of rotatable bonds is 10. The predicted molar refractivity (Wildman–Crippen MR) is 124 cm³/mol. The Kier molecular flexibility index (Phi) is 15.1. The lowest BCUT2D eigenvalue weighted by Crippen LogP contribution is -2.46. The van der Waals surface area contributed by atoms with Crippen LogP contribution in [0.25, 0.3) is 0 Å². The minimum atomic E-state index is -0.689. The molecule has 1 saturated carbocycles. The van der Waals surface area contributed by atoms with Gasteiger partial charge in [0.15, 0.2) is 5.96 Å². The minimum Gasteiger partial charge on any atom is -0.378 e. The van der Waals surface area contributed by atoms with E-state index in [0.29, 0.717) is 17.2 Å². The zero-order valence-electron chi connectivity index (χ0n) is 17.3. The zero-order valence-corrected chi connectivity index (χ0v) is 20.4. The minimum absolute atomic E-state index is 0. The number of ether oxygens (including phenoxy) is 1. The molecule has 0 bridgehead atoms. The number of aliphatic imine (C=N–C) groups is 1. The van der Waals surface area contributed by atoms with Crippen molar-refractivity contribution in [3.8, 4) is 0 Å². The maximum absolute atomic E-state index is 12.1. The molecule has 1 rings (SSSR count). The van der Waals surface area contributed by atoms with Gasteiger partial charge in [-0.2, -0.15) is 0 Å². The predicted octanol–water partition coefficient (Wildman–Crippen LogP) is 3.69. The quantitative estimate of drug-likeness (QED) is 0.272. The lowest BCUT2D eigenvalue weighted by molar-refractivity contribution is 0.0266. The smallest absolute Gasteiger partial charge is 0.191 e. The van der Waals surface area contributed by atoms with Crippen LogP contribution in [0, 0.1) is 5.92 Å². The Bertz CT molecular complexity index is 422. The van der Waals surface area contributed by atoms with Gasteiger partial charge in [0.05, 0.1) is 6.10 Å². The first kappa shape index (κ1) is 26.1. The van der Waals surface area contributed by atoms with Crippen LogP contribution in [0.5, 0.6) is 0 Å². The topological polar surface area (TPSA) is 62.7 Å². The van der Waals surface area contributed by atoms with Crippen LogP contribution in [-0.2, 0) is 15.5 Å². The number of nitrogens with zero attached hydrogens (tertiary/aromatic N) is 1. The van der Waals surface area contributed by atoms with E-state index in [4.69, 9.17) is 9.73 Å². The molecule has 0 aromatic heterocycles. The van der Waals surface area contributed by atoms with Crippen molar-refractivity contribution in [2.75, 3.05) is 25.4 Å². The van der Waals surface area contributed by atoms with E-state index in [1.165, 1.54) is 0 Å². The molecule has 0 radical (unpaired) electrons. The van der Waals surface area contributed by atoms with E-state index in [1.807, 2.05) is 13.8 Å².